The predicted octanol–water partition coefficient (Wildman–Crippen LogP) is 1.59. The van der Waals surface area contributed by atoms with Gasteiger partial charge in [0.05, 0.1) is 0 Å². The van der Waals surface area contributed by atoms with Gasteiger partial charge in [0.2, 0.25) is 0 Å². The Bertz CT molecular complexity index is 177. The smallest absolute Gasteiger partial charge is 0.191 e. The largest absolute Gasteiger partial charge is 0.370 e. The molecule has 1 rings (SSSR count). The molecule has 0 saturated carbocycles. The highest BCUT2D eigenvalue weighted by Gasteiger charge is 2.17. The van der Waals surface area contributed by atoms with E-state index in [4.69, 9.17) is 5.73 Å². The predicted molar refractivity (Wildman–Crippen MR) is 56.8 cm³/mol. The van der Waals surface area contributed by atoms with Crippen molar-refractivity contribution in [1.29, 1.82) is 0 Å². The van der Waals surface area contributed by atoms with Crippen molar-refractivity contribution in [3.63, 3.8) is 0 Å². The molecule has 1 heterocycles. The fraction of sp³-hybridized carbons (Fsp3) is 0.900. The third kappa shape index (κ3) is 2.90. The van der Waals surface area contributed by atoms with E-state index in [1.165, 1.54) is 25.7 Å². The lowest BCUT2D eigenvalue weighted by Crippen LogP contribution is -2.43. The minimum absolute atomic E-state index is 0.567. The summed E-state index contributed by atoms with van der Waals surface area (Å²) >= 11 is 0. The maximum absolute atomic E-state index is 5.89. The summed E-state index contributed by atoms with van der Waals surface area (Å²) in [6, 6.07) is 0.567. The maximum Gasteiger partial charge on any atom is 0.191 e. The first kappa shape index (κ1) is 10.4. The topological polar surface area (TPSA) is 41.6 Å². The molecular weight excluding hydrogens is 162 g/mol. The molecular formula is C10H21N3. The standard InChI is InChI=1S/C10H21N3/c1-3-12-10(11)13-8-6-4-5-7-9(13)2/h9H,3-8H2,1-2H3,(H2,11,12). The number of hydrogen-bond donors (Lipinski definition) is 1. The molecule has 1 unspecified atom stereocenters. The van der Waals surface area contributed by atoms with E-state index in [2.05, 4.69) is 16.8 Å². The second-order valence-corrected chi connectivity index (χ2v) is 3.72. The van der Waals surface area contributed by atoms with Crippen LogP contribution in [-0.2, 0) is 0 Å². The van der Waals surface area contributed by atoms with Crippen molar-refractivity contribution >= 4 is 5.96 Å². The van der Waals surface area contributed by atoms with Crippen LogP contribution in [0.5, 0.6) is 0 Å². The van der Waals surface area contributed by atoms with Crippen LogP contribution in [0.15, 0.2) is 4.99 Å². The van der Waals surface area contributed by atoms with E-state index in [9.17, 15) is 0 Å². The number of likely N-dealkylation sites (tertiary alicyclic amines) is 1. The molecule has 0 spiro atoms. The first-order valence-electron chi connectivity index (χ1n) is 5.32. The molecule has 3 heteroatoms. The van der Waals surface area contributed by atoms with Crippen molar-refractivity contribution in [2.24, 2.45) is 10.7 Å². The summed E-state index contributed by atoms with van der Waals surface area (Å²) in [5, 5.41) is 0. The molecule has 1 saturated heterocycles. The maximum atomic E-state index is 5.89. The highest BCUT2D eigenvalue weighted by molar-refractivity contribution is 5.78. The first-order valence-corrected chi connectivity index (χ1v) is 5.32. The SMILES string of the molecule is CCN=C(N)N1CCCCCC1C. The van der Waals surface area contributed by atoms with Crippen LogP contribution in [0.3, 0.4) is 0 Å². The number of nitrogens with zero attached hydrogens (tertiary/aromatic N) is 2. The zero-order chi connectivity index (χ0) is 9.68. The Hall–Kier alpha value is -0.730. The average molecular weight is 183 g/mol. The van der Waals surface area contributed by atoms with E-state index in [1.807, 2.05) is 6.92 Å². The average Bonchev–Trinajstić information content (AvgIpc) is 2.30. The Morgan fingerprint density at radius 2 is 2.23 bits per heavy atom. The fourth-order valence-electron chi connectivity index (χ4n) is 1.87. The lowest BCUT2D eigenvalue weighted by molar-refractivity contribution is 0.332. The molecule has 0 aliphatic carbocycles. The molecule has 1 aliphatic heterocycles. The summed E-state index contributed by atoms with van der Waals surface area (Å²) < 4.78 is 0. The van der Waals surface area contributed by atoms with E-state index in [0.717, 1.165) is 19.0 Å². The highest BCUT2D eigenvalue weighted by atomic mass is 15.3. The molecule has 0 aromatic rings. The van der Waals surface area contributed by atoms with Crippen LogP contribution in [0.25, 0.3) is 0 Å². The van der Waals surface area contributed by atoms with Crippen molar-refractivity contribution in [1.82, 2.24) is 4.90 Å². The molecule has 1 atom stereocenters. The molecule has 0 aromatic carbocycles. The Kier molecular flexibility index (Phi) is 4.06. The summed E-state index contributed by atoms with van der Waals surface area (Å²) in [7, 11) is 0. The van der Waals surface area contributed by atoms with E-state index >= 15 is 0 Å². The third-order valence-electron chi connectivity index (χ3n) is 2.67. The monoisotopic (exact) mass is 183 g/mol. The number of rotatable bonds is 1. The molecule has 13 heavy (non-hydrogen) atoms. The van der Waals surface area contributed by atoms with Crippen molar-refractivity contribution in [2.45, 2.75) is 45.6 Å². The molecule has 3 nitrogen and oxygen atoms in total. The second-order valence-electron chi connectivity index (χ2n) is 3.72. The van der Waals surface area contributed by atoms with Crippen molar-refractivity contribution in [2.75, 3.05) is 13.1 Å². The minimum atomic E-state index is 0.567. The summed E-state index contributed by atoms with van der Waals surface area (Å²) in [6.07, 6.45) is 5.17. The highest BCUT2D eigenvalue weighted by Crippen LogP contribution is 2.15. The van der Waals surface area contributed by atoms with Crippen molar-refractivity contribution in [3.8, 4) is 0 Å². The van der Waals surface area contributed by atoms with Gasteiger partial charge in [-0.1, -0.05) is 12.8 Å². The quantitative estimate of drug-likeness (QED) is 0.495. The van der Waals surface area contributed by atoms with E-state index in [-0.39, 0.29) is 0 Å². The van der Waals surface area contributed by atoms with Crippen molar-refractivity contribution < 1.29 is 0 Å². The van der Waals surface area contributed by atoms with Gasteiger partial charge in [-0.15, -0.1) is 0 Å². The molecule has 76 valence electrons. The Balaban J connectivity index is 2.58. The van der Waals surface area contributed by atoms with Gasteiger partial charge < -0.3 is 10.6 Å². The van der Waals surface area contributed by atoms with Crippen molar-refractivity contribution in [3.05, 3.63) is 0 Å². The molecule has 0 amide bonds. The zero-order valence-corrected chi connectivity index (χ0v) is 8.79. The number of aliphatic imine (C=N–C) groups is 1. The van der Waals surface area contributed by atoms with Gasteiger partial charge in [-0.05, 0) is 26.7 Å². The van der Waals surface area contributed by atoms with Crippen LogP contribution in [-0.4, -0.2) is 30.0 Å². The normalized spacial score (nSPS) is 25.8. The van der Waals surface area contributed by atoms with Gasteiger partial charge in [0, 0.05) is 19.1 Å². The Labute approximate surface area is 81.0 Å². The fourth-order valence-corrected chi connectivity index (χ4v) is 1.87. The molecule has 2 N–H and O–H groups in total. The lowest BCUT2D eigenvalue weighted by atomic mass is 10.1. The second kappa shape index (κ2) is 5.10. The summed E-state index contributed by atoms with van der Waals surface area (Å²) in [5.41, 5.74) is 5.89. The van der Waals surface area contributed by atoms with E-state index in [1.54, 1.807) is 0 Å². The molecule has 0 aromatic heterocycles. The van der Waals surface area contributed by atoms with Gasteiger partial charge in [0.25, 0.3) is 0 Å². The lowest BCUT2D eigenvalue weighted by Gasteiger charge is -2.27. The molecule has 0 radical (unpaired) electrons. The molecule has 1 fully saturated rings. The third-order valence-corrected chi connectivity index (χ3v) is 2.67. The molecule has 0 bridgehead atoms. The van der Waals surface area contributed by atoms with Crippen LogP contribution in [0, 0.1) is 0 Å². The first-order chi connectivity index (χ1) is 6.25. The van der Waals surface area contributed by atoms with Crippen LogP contribution in [0.2, 0.25) is 0 Å². The van der Waals surface area contributed by atoms with Gasteiger partial charge >= 0.3 is 0 Å². The summed E-state index contributed by atoms with van der Waals surface area (Å²) in [4.78, 5) is 6.51. The van der Waals surface area contributed by atoms with Gasteiger partial charge in [-0.25, -0.2) is 0 Å². The van der Waals surface area contributed by atoms with Gasteiger partial charge in [0.1, 0.15) is 0 Å². The van der Waals surface area contributed by atoms with Gasteiger partial charge in [0.15, 0.2) is 5.96 Å². The number of hydrogen-bond acceptors (Lipinski definition) is 1. The Morgan fingerprint density at radius 3 is 2.92 bits per heavy atom. The minimum Gasteiger partial charge on any atom is -0.370 e. The summed E-state index contributed by atoms with van der Waals surface area (Å²) in [6.45, 7) is 6.13. The summed E-state index contributed by atoms with van der Waals surface area (Å²) in [5.74, 6) is 0.733. The van der Waals surface area contributed by atoms with E-state index < -0.39 is 0 Å². The van der Waals surface area contributed by atoms with E-state index in [0.29, 0.717) is 6.04 Å². The van der Waals surface area contributed by atoms with Crippen LogP contribution >= 0.6 is 0 Å². The van der Waals surface area contributed by atoms with Crippen LogP contribution < -0.4 is 5.73 Å². The number of guanidine groups is 1. The van der Waals surface area contributed by atoms with Gasteiger partial charge in [-0.2, -0.15) is 0 Å². The molecule has 1 aliphatic rings. The van der Waals surface area contributed by atoms with Crippen LogP contribution in [0.1, 0.15) is 39.5 Å². The Morgan fingerprint density at radius 1 is 1.46 bits per heavy atom. The van der Waals surface area contributed by atoms with Gasteiger partial charge in [-0.3, -0.25) is 4.99 Å². The zero-order valence-electron chi connectivity index (χ0n) is 8.79. The number of nitrogens with two attached hydrogens (primary N) is 1. The van der Waals surface area contributed by atoms with Crippen LogP contribution in [0.4, 0.5) is 0 Å².